The van der Waals surface area contributed by atoms with Crippen LogP contribution < -0.4 is 9.47 Å². The quantitative estimate of drug-likeness (QED) is 0.788. The summed E-state index contributed by atoms with van der Waals surface area (Å²) in [7, 11) is 0. The van der Waals surface area contributed by atoms with Crippen molar-refractivity contribution < 1.29 is 41.3 Å². The van der Waals surface area contributed by atoms with E-state index in [-0.39, 0.29) is 23.6 Å². The second kappa shape index (κ2) is 6.96. The molecule has 4 nitrogen and oxygen atoms in total. The smallest absolute Gasteiger partial charge is 0.416 e. The lowest BCUT2D eigenvalue weighted by Gasteiger charge is -2.13. The van der Waals surface area contributed by atoms with Crippen molar-refractivity contribution in [2.75, 3.05) is 0 Å². The van der Waals surface area contributed by atoms with Gasteiger partial charge in [0.25, 0.3) is 0 Å². The van der Waals surface area contributed by atoms with Crippen molar-refractivity contribution in [1.29, 1.82) is 0 Å². The summed E-state index contributed by atoms with van der Waals surface area (Å²) in [5.74, 6) is -5.41. The van der Waals surface area contributed by atoms with E-state index in [0.29, 0.717) is 0 Å². The van der Waals surface area contributed by atoms with Crippen molar-refractivity contribution in [2.24, 2.45) is 0 Å². The third-order valence-corrected chi connectivity index (χ3v) is 3.01. The highest BCUT2D eigenvalue weighted by Gasteiger charge is 2.33. The van der Waals surface area contributed by atoms with Gasteiger partial charge in [-0.05, 0) is 31.2 Å². The van der Waals surface area contributed by atoms with E-state index >= 15 is 0 Å². The molecule has 0 bridgehead atoms. The van der Waals surface area contributed by atoms with Crippen LogP contribution in [0, 0.1) is 11.6 Å². The Morgan fingerprint density at radius 1 is 1.08 bits per heavy atom. The van der Waals surface area contributed by atoms with Crippen molar-refractivity contribution in [3.05, 3.63) is 53.6 Å². The van der Waals surface area contributed by atoms with Crippen molar-refractivity contribution in [2.45, 2.75) is 19.2 Å². The van der Waals surface area contributed by atoms with Gasteiger partial charge in [0, 0.05) is 6.07 Å². The minimum Gasteiger partial charge on any atom is -0.479 e. The maximum Gasteiger partial charge on any atom is 0.416 e. The average molecular weight is 362 g/mol. The molecule has 0 aliphatic carbocycles. The Balaban J connectivity index is 2.27. The first-order valence-electron chi connectivity index (χ1n) is 6.81. The van der Waals surface area contributed by atoms with Crippen LogP contribution in [0.4, 0.5) is 22.0 Å². The van der Waals surface area contributed by atoms with E-state index in [0.717, 1.165) is 6.07 Å². The summed E-state index contributed by atoms with van der Waals surface area (Å²) < 4.78 is 75.1. The van der Waals surface area contributed by atoms with Crippen LogP contribution in [0.15, 0.2) is 36.4 Å². The second-order valence-corrected chi connectivity index (χ2v) is 4.94. The molecule has 134 valence electrons. The largest absolute Gasteiger partial charge is 0.479 e. The first-order valence-corrected chi connectivity index (χ1v) is 6.81. The SMILES string of the molecule is CC(Oc1cccc(Oc2c(F)cc(C(F)(F)F)cc2F)c1)C(=O)O. The normalized spacial score (nSPS) is 12.6. The van der Waals surface area contributed by atoms with E-state index in [9.17, 15) is 26.7 Å². The van der Waals surface area contributed by atoms with Gasteiger partial charge in [-0.15, -0.1) is 0 Å². The summed E-state index contributed by atoms with van der Waals surface area (Å²) in [4.78, 5) is 10.7. The summed E-state index contributed by atoms with van der Waals surface area (Å²) in [6.07, 6.45) is -6.09. The Bertz CT molecular complexity index is 765. The molecular formula is C16H11F5O4. The van der Waals surface area contributed by atoms with Crippen molar-refractivity contribution in [3.8, 4) is 17.2 Å². The number of hydrogen-bond acceptors (Lipinski definition) is 3. The zero-order chi connectivity index (χ0) is 18.8. The zero-order valence-corrected chi connectivity index (χ0v) is 12.6. The molecule has 0 fully saturated rings. The van der Waals surface area contributed by atoms with Crippen LogP contribution in [0.1, 0.15) is 12.5 Å². The number of alkyl halides is 3. The fraction of sp³-hybridized carbons (Fsp3) is 0.188. The molecule has 0 aromatic heterocycles. The lowest BCUT2D eigenvalue weighted by molar-refractivity contribution is -0.144. The predicted octanol–water partition coefficient (Wildman–Crippen LogP) is 4.63. The molecule has 2 aromatic rings. The van der Waals surface area contributed by atoms with Gasteiger partial charge in [-0.2, -0.15) is 13.2 Å². The van der Waals surface area contributed by atoms with Crippen LogP contribution in [0.25, 0.3) is 0 Å². The van der Waals surface area contributed by atoms with E-state index in [1.165, 1.54) is 25.1 Å². The van der Waals surface area contributed by atoms with Crippen molar-refractivity contribution in [1.82, 2.24) is 0 Å². The number of rotatable bonds is 5. The van der Waals surface area contributed by atoms with Gasteiger partial charge in [0.15, 0.2) is 23.5 Å². The lowest BCUT2D eigenvalue weighted by atomic mass is 10.2. The molecule has 9 heteroatoms. The number of ether oxygens (including phenoxy) is 2. The molecule has 1 atom stereocenters. The third-order valence-electron chi connectivity index (χ3n) is 3.01. The molecule has 0 aliphatic rings. The standard InChI is InChI=1S/C16H11F5O4/c1-8(15(22)23)24-10-3-2-4-11(7-10)25-14-12(17)5-9(6-13(14)18)16(19,20)21/h2-8H,1H3,(H,22,23). The molecule has 25 heavy (non-hydrogen) atoms. The van der Waals surface area contributed by atoms with E-state index in [2.05, 4.69) is 0 Å². The first kappa shape index (κ1) is 18.5. The Morgan fingerprint density at radius 3 is 2.16 bits per heavy atom. The number of aliphatic carboxylic acids is 1. The van der Waals surface area contributed by atoms with Gasteiger partial charge in [0.1, 0.15) is 11.5 Å². The molecule has 2 rings (SSSR count). The van der Waals surface area contributed by atoms with Gasteiger partial charge in [-0.25, -0.2) is 13.6 Å². The van der Waals surface area contributed by atoms with E-state index in [1.807, 2.05) is 0 Å². The predicted molar refractivity (Wildman–Crippen MR) is 75.6 cm³/mol. The molecule has 0 aliphatic heterocycles. The molecule has 0 amide bonds. The van der Waals surface area contributed by atoms with Crippen LogP contribution in [0.5, 0.6) is 17.2 Å². The number of hydrogen-bond donors (Lipinski definition) is 1. The molecule has 1 N–H and O–H groups in total. The van der Waals surface area contributed by atoms with Crippen LogP contribution in [-0.2, 0) is 11.0 Å². The second-order valence-electron chi connectivity index (χ2n) is 4.94. The number of carboxylic acids is 1. The van der Waals surface area contributed by atoms with Crippen molar-refractivity contribution in [3.63, 3.8) is 0 Å². The molecule has 0 spiro atoms. The van der Waals surface area contributed by atoms with E-state index in [4.69, 9.17) is 14.6 Å². The highest BCUT2D eigenvalue weighted by Crippen LogP contribution is 2.36. The van der Waals surface area contributed by atoms with Gasteiger partial charge >= 0.3 is 12.1 Å². The Kier molecular flexibility index (Phi) is 5.15. The van der Waals surface area contributed by atoms with E-state index in [1.54, 1.807) is 0 Å². The van der Waals surface area contributed by atoms with Crippen LogP contribution in [0.2, 0.25) is 0 Å². The Hall–Kier alpha value is -2.84. The Labute approximate surface area is 138 Å². The molecule has 0 saturated carbocycles. The molecule has 0 saturated heterocycles. The van der Waals surface area contributed by atoms with Crippen LogP contribution >= 0.6 is 0 Å². The average Bonchev–Trinajstić information content (AvgIpc) is 2.50. The number of carbonyl (C=O) groups is 1. The fourth-order valence-electron chi connectivity index (χ4n) is 1.80. The first-order chi connectivity index (χ1) is 11.6. The van der Waals surface area contributed by atoms with Gasteiger partial charge in [0.05, 0.1) is 5.56 Å². The monoisotopic (exact) mass is 362 g/mol. The van der Waals surface area contributed by atoms with Gasteiger partial charge in [-0.1, -0.05) is 6.07 Å². The summed E-state index contributed by atoms with van der Waals surface area (Å²) in [6.45, 7) is 1.27. The van der Waals surface area contributed by atoms with Gasteiger partial charge in [0.2, 0.25) is 0 Å². The van der Waals surface area contributed by atoms with Gasteiger partial charge < -0.3 is 14.6 Å². The number of benzene rings is 2. The summed E-state index contributed by atoms with van der Waals surface area (Å²) in [6, 6.07) is 5.40. The van der Waals surface area contributed by atoms with Crippen molar-refractivity contribution >= 4 is 5.97 Å². The molecule has 0 heterocycles. The molecular weight excluding hydrogens is 351 g/mol. The highest BCUT2D eigenvalue weighted by atomic mass is 19.4. The summed E-state index contributed by atoms with van der Waals surface area (Å²) in [5.41, 5.74) is -1.48. The zero-order valence-electron chi connectivity index (χ0n) is 12.6. The molecule has 0 radical (unpaired) electrons. The lowest BCUT2D eigenvalue weighted by Crippen LogP contribution is -2.22. The fourth-order valence-corrected chi connectivity index (χ4v) is 1.80. The topological polar surface area (TPSA) is 55.8 Å². The number of carboxylic acid groups (broad SMARTS) is 1. The maximum absolute atomic E-state index is 13.8. The highest BCUT2D eigenvalue weighted by molar-refractivity contribution is 5.72. The summed E-state index contributed by atoms with van der Waals surface area (Å²) in [5, 5.41) is 8.76. The van der Waals surface area contributed by atoms with E-state index < -0.39 is 41.2 Å². The molecule has 1 unspecified atom stereocenters. The minimum absolute atomic E-state index is 0.0418. The maximum atomic E-state index is 13.8. The molecule has 2 aromatic carbocycles. The Morgan fingerprint density at radius 2 is 1.64 bits per heavy atom. The summed E-state index contributed by atoms with van der Waals surface area (Å²) >= 11 is 0. The minimum atomic E-state index is -4.90. The third kappa shape index (κ3) is 4.59. The van der Waals surface area contributed by atoms with Gasteiger partial charge in [-0.3, -0.25) is 0 Å². The van der Waals surface area contributed by atoms with Crippen LogP contribution in [0.3, 0.4) is 0 Å². The number of halogens is 5. The van der Waals surface area contributed by atoms with Crippen LogP contribution in [-0.4, -0.2) is 17.2 Å².